The molecule has 1 aliphatic carbocycles. The van der Waals surface area contributed by atoms with Crippen molar-refractivity contribution >= 4 is 11.6 Å². The maximum absolute atomic E-state index is 14.3. The molecule has 1 aliphatic rings. The lowest BCUT2D eigenvalue weighted by molar-refractivity contribution is -0.216. The lowest BCUT2D eigenvalue weighted by Crippen LogP contribution is -2.61. The smallest absolute Gasteiger partial charge is 0.352 e. The van der Waals surface area contributed by atoms with Crippen LogP contribution >= 0.6 is 0 Å². The Bertz CT molecular complexity index is 755. The Morgan fingerprint density at radius 2 is 2.08 bits per heavy atom. The van der Waals surface area contributed by atoms with Crippen molar-refractivity contribution in [1.29, 1.82) is 0 Å². The Kier molecular flexibility index (Phi) is 4.03. The molecule has 0 saturated heterocycles. The molecule has 2 aromatic rings. The molecule has 130 valence electrons. The summed E-state index contributed by atoms with van der Waals surface area (Å²) < 4.78 is 30.3. The van der Waals surface area contributed by atoms with Gasteiger partial charge in [0.1, 0.15) is 5.60 Å². The number of carbonyl (C=O) groups excluding carboxylic acids is 1. The summed E-state index contributed by atoms with van der Waals surface area (Å²) >= 11 is 0. The van der Waals surface area contributed by atoms with Crippen LogP contribution in [0.15, 0.2) is 24.4 Å². The summed E-state index contributed by atoms with van der Waals surface area (Å²) in [6, 6.07) is 4.55. The zero-order valence-corrected chi connectivity index (χ0v) is 13.5. The summed E-state index contributed by atoms with van der Waals surface area (Å²) in [6.45, 7) is 3.59. The highest BCUT2D eigenvalue weighted by molar-refractivity contribution is 5.85. The van der Waals surface area contributed by atoms with Crippen LogP contribution in [0, 0.1) is 5.92 Å². The molecule has 0 spiro atoms. The molecular weight excluding hydrogens is 318 g/mol. The van der Waals surface area contributed by atoms with Crippen LogP contribution in [0.3, 0.4) is 0 Å². The van der Waals surface area contributed by atoms with E-state index in [-0.39, 0.29) is 18.8 Å². The zero-order valence-electron chi connectivity index (χ0n) is 13.5. The van der Waals surface area contributed by atoms with Gasteiger partial charge in [0, 0.05) is 6.20 Å². The van der Waals surface area contributed by atoms with E-state index in [2.05, 4.69) is 15.5 Å². The lowest BCUT2D eigenvalue weighted by atomic mass is 9.75. The first-order chi connectivity index (χ1) is 11.3. The van der Waals surface area contributed by atoms with Crippen molar-refractivity contribution in [1.82, 2.24) is 19.9 Å². The van der Waals surface area contributed by atoms with Crippen LogP contribution in [0.5, 0.6) is 0 Å². The second-order valence-electron chi connectivity index (χ2n) is 6.64. The molecule has 0 radical (unpaired) electrons. The minimum absolute atomic E-state index is 0.0758. The molecule has 2 heterocycles. The molecule has 1 unspecified atom stereocenters. The fourth-order valence-corrected chi connectivity index (χ4v) is 2.87. The predicted octanol–water partition coefficient (Wildman–Crippen LogP) is 2.09. The van der Waals surface area contributed by atoms with Crippen LogP contribution in [0.25, 0.3) is 5.65 Å². The molecule has 0 aromatic carbocycles. The predicted molar refractivity (Wildman–Crippen MR) is 82.5 cm³/mol. The fourth-order valence-electron chi connectivity index (χ4n) is 2.87. The Morgan fingerprint density at radius 3 is 2.67 bits per heavy atom. The minimum atomic E-state index is -3.83. The van der Waals surface area contributed by atoms with Crippen molar-refractivity contribution in [3.63, 3.8) is 0 Å². The number of rotatable bonds is 5. The molecule has 24 heavy (non-hydrogen) atoms. The maximum Gasteiger partial charge on any atom is 0.352 e. The third-order valence-electron chi connectivity index (χ3n) is 4.62. The van der Waals surface area contributed by atoms with Gasteiger partial charge in [-0.05, 0) is 37.3 Å². The normalized spacial score (nSPS) is 18.4. The Morgan fingerprint density at radius 1 is 1.38 bits per heavy atom. The number of nitrogens with zero attached hydrogens (tertiary/aromatic N) is 3. The quantitative estimate of drug-likeness (QED) is 0.875. The van der Waals surface area contributed by atoms with Gasteiger partial charge < -0.3 is 10.4 Å². The van der Waals surface area contributed by atoms with E-state index in [1.165, 1.54) is 0 Å². The molecule has 1 fully saturated rings. The van der Waals surface area contributed by atoms with Gasteiger partial charge in [-0.2, -0.15) is 8.78 Å². The number of aromatic nitrogens is 3. The molecule has 2 aromatic heterocycles. The first-order valence-electron chi connectivity index (χ1n) is 7.97. The molecule has 3 rings (SSSR count). The van der Waals surface area contributed by atoms with Crippen molar-refractivity contribution in [2.24, 2.45) is 5.92 Å². The van der Waals surface area contributed by atoms with Gasteiger partial charge in [0.05, 0.1) is 6.04 Å². The highest BCUT2D eigenvalue weighted by atomic mass is 19.3. The van der Waals surface area contributed by atoms with Crippen molar-refractivity contribution in [3.8, 4) is 0 Å². The van der Waals surface area contributed by atoms with E-state index in [9.17, 15) is 18.7 Å². The van der Waals surface area contributed by atoms with Gasteiger partial charge in [0.15, 0.2) is 11.5 Å². The van der Waals surface area contributed by atoms with Crippen LogP contribution in [-0.2, 0) is 4.79 Å². The first-order valence-corrected chi connectivity index (χ1v) is 7.97. The molecule has 2 N–H and O–H groups in total. The number of pyridine rings is 1. The number of aliphatic hydroxyl groups is 1. The molecule has 0 aliphatic heterocycles. The van der Waals surface area contributed by atoms with Crippen LogP contribution in [0.4, 0.5) is 8.78 Å². The zero-order chi connectivity index (χ0) is 17.5. The first kappa shape index (κ1) is 16.8. The van der Waals surface area contributed by atoms with E-state index in [4.69, 9.17) is 0 Å². The highest BCUT2D eigenvalue weighted by Gasteiger charge is 2.61. The molecule has 6 nitrogen and oxygen atoms in total. The summed E-state index contributed by atoms with van der Waals surface area (Å²) in [5, 5.41) is 20.3. The molecular formula is C16H20F2N4O2. The SMILES string of the molecule is CC(C)C(NC(=O)C(F)(F)C1(O)CCC1)c1nnc2ccccn12. The number of halogens is 2. The van der Waals surface area contributed by atoms with Gasteiger partial charge in [-0.3, -0.25) is 9.20 Å². The number of amides is 1. The Hall–Kier alpha value is -2.09. The summed E-state index contributed by atoms with van der Waals surface area (Å²) in [6.07, 6.45) is 2.05. The summed E-state index contributed by atoms with van der Waals surface area (Å²) in [5.74, 6) is -5.12. The minimum Gasteiger partial charge on any atom is -0.383 e. The molecule has 0 bridgehead atoms. The van der Waals surface area contributed by atoms with Crippen LogP contribution in [0.1, 0.15) is 45.0 Å². The number of hydrogen-bond acceptors (Lipinski definition) is 4. The molecule has 1 saturated carbocycles. The summed E-state index contributed by atoms with van der Waals surface area (Å²) in [5.41, 5.74) is -1.68. The van der Waals surface area contributed by atoms with Gasteiger partial charge in [-0.25, -0.2) is 0 Å². The monoisotopic (exact) mass is 338 g/mol. The number of hydrogen-bond donors (Lipinski definition) is 2. The largest absolute Gasteiger partial charge is 0.383 e. The van der Waals surface area contributed by atoms with Gasteiger partial charge in [-0.1, -0.05) is 19.9 Å². The van der Waals surface area contributed by atoms with Gasteiger partial charge >= 0.3 is 5.92 Å². The van der Waals surface area contributed by atoms with Crippen molar-refractivity contribution in [2.45, 2.75) is 50.7 Å². The van der Waals surface area contributed by atoms with E-state index in [1.54, 1.807) is 42.6 Å². The van der Waals surface area contributed by atoms with Crippen molar-refractivity contribution in [3.05, 3.63) is 30.2 Å². The van der Waals surface area contributed by atoms with Gasteiger partial charge in [0.25, 0.3) is 5.91 Å². The number of alkyl halides is 2. The van der Waals surface area contributed by atoms with Gasteiger partial charge in [0.2, 0.25) is 0 Å². The summed E-state index contributed by atoms with van der Waals surface area (Å²) in [4.78, 5) is 12.2. The van der Waals surface area contributed by atoms with E-state index in [0.717, 1.165) is 0 Å². The highest BCUT2D eigenvalue weighted by Crippen LogP contribution is 2.44. The van der Waals surface area contributed by atoms with Crippen molar-refractivity contribution in [2.75, 3.05) is 0 Å². The van der Waals surface area contributed by atoms with E-state index < -0.39 is 23.5 Å². The number of carbonyl (C=O) groups is 1. The number of nitrogens with one attached hydrogen (secondary N) is 1. The number of fused-ring (bicyclic) bond motifs is 1. The molecule has 8 heteroatoms. The van der Waals surface area contributed by atoms with Crippen LogP contribution in [-0.4, -0.2) is 37.1 Å². The Balaban J connectivity index is 1.88. The Labute approximate surface area is 137 Å². The average molecular weight is 338 g/mol. The third-order valence-corrected chi connectivity index (χ3v) is 4.62. The molecule has 1 atom stereocenters. The van der Waals surface area contributed by atoms with Crippen LogP contribution < -0.4 is 5.32 Å². The topological polar surface area (TPSA) is 79.5 Å². The van der Waals surface area contributed by atoms with E-state index in [0.29, 0.717) is 17.9 Å². The van der Waals surface area contributed by atoms with E-state index >= 15 is 0 Å². The average Bonchev–Trinajstić information content (AvgIpc) is 2.93. The third kappa shape index (κ3) is 2.54. The standard InChI is InChI=1S/C16H20F2N4O2/c1-10(2)12(13-21-20-11-6-3-4-9-22(11)13)19-14(23)16(17,18)15(24)7-5-8-15/h3-4,6,9-10,12,24H,5,7-8H2,1-2H3,(H,19,23). The van der Waals surface area contributed by atoms with E-state index in [1.807, 2.05) is 0 Å². The molecule has 1 amide bonds. The fraction of sp³-hybridized carbons (Fsp3) is 0.562. The lowest BCUT2D eigenvalue weighted by Gasteiger charge is -2.42. The second-order valence-corrected chi connectivity index (χ2v) is 6.64. The van der Waals surface area contributed by atoms with Crippen LogP contribution in [0.2, 0.25) is 0 Å². The second kappa shape index (κ2) is 5.77. The maximum atomic E-state index is 14.3. The summed E-state index contributed by atoms with van der Waals surface area (Å²) in [7, 11) is 0. The van der Waals surface area contributed by atoms with Crippen molar-refractivity contribution < 1.29 is 18.7 Å². The van der Waals surface area contributed by atoms with Gasteiger partial charge in [-0.15, -0.1) is 10.2 Å².